The van der Waals surface area contributed by atoms with E-state index in [1.165, 1.54) is 20.8 Å². The molecule has 148 valence electrons. The second-order valence-corrected chi connectivity index (χ2v) is 2.82. The Morgan fingerprint density at radius 1 is 0.500 bits per heavy atom. The molecule has 0 aromatic heterocycles. The van der Waals surface area contributed by atoms with Gasteiger partial charge in [0.1, 0.15) is 0 Å². The summed E-state index contributed by atoms with van der Waals surface area (Å²) in [4.78, 5) is 0. The third-order valence-corrected chi connectivity index (χ3v) is 0.667. The molecule has 0 amide bonds. The molecule has 0 aliphatic carbocycles. The quantitative estimate of drug-likeness (QED) is 0.348. The fourth-order valence-corrected chi connectivity index (χ4v) is 0.385. The van der Waals surface area contributed by atoms with Crippen LogP contribution < -0.4 is 0 Å². The minimum atomic E-state index is -6.00. The van der Waals surface area contributed by atoms with E-state index < -0.39 is 14.5 Å². The first-order valence-electron chi connectivity index (χ1n) is 5.92. The summed E-state index contributed by atoms with van der Waals surface area (Å²) in [7, 11) is -12.0. The van der Waals surface area contributed by atoms with Gasteiger partial charge in [-0.05, 0) is 0 Å². The summed E-state index contributed by atoms with van der Waals surface area (Å²) in [6.45, 7) is 4.29. The molecule has 1 rings (SSSR count). The van der Waals surface area contributed by atoms with Crippen molar-refractivity contribution in [2.75, 3.05) is 0 Å². The van der Waals surface area contributed by atoms with Crippen LogP contribution in [-0.2, 0) is 19.5 Å². The second-order valence-electron chi connectivity index (χ2n) is 2.82. The van der Waals surface area contributed by atoms with Crippen molar-refractivity contribution in [3.8, 4) is 18.2 Å². The Bertz CT molecular complexity index is 400. The number of hydrogen-bond donors (Lipinski definition) is 0. The van der Waals surface area contributed by atoms with Crippen molar-refractivity contribution in [2.45, 2.75) is 20.8 Å². The first kappa shape index (κ1) is 39.1. The number of hydrogen-bond acceptors (Lipinski definition) is 3. The number of benzene rings is 1. The van der Waals surface area contributed by atoms with Crippen molar-refractivity contribution in [3.63, 3.8) is 0 Å². The van der Waals surface area contributed by atoms with Crippen LogP contribution in [-0.4, -0.2) is 14.5 Å². The number of rotatable bonds is 0. The van der Waals surface area contributed by atoms with Crippen LogP contribution in [0.1, 0.15) is 20.8 Å². The van der Waals surface area contributed by atoms with Crippen molar-refractivity contribution in [3.05, 3.63) is 36.4 Å². The van der Waals surface area contributed by atoms with E-state index >= 15 is 0 Å². The normalized spacial score (nSPS) is 7.38. The summed E-state index contributed by atoms with van der Waals surface area (Å²) >= 11 is 0. The fraction of sp³-hybridized carbons (Fsp3) is 0.250. The summed E-state index contributed by atoms with van der Waals surface area (Å²) < 4.78 is 78.0. The van der Waals surface area contributed by atoms with Gasteiger partial charge in [0.15, 0.2) is 0 Å². The van der Waals surface area contributed by atoms with Crippen molar-refractivity contribution < 1.29 is 54.0 Å². The molecule has 0 aliphatic rings. The van der Waals surface area contributed by atoms with Gasteiger partial charge in [-0.25, -0.2) is 0 Å². The minimum absolute atomic E-state index is 0. The van der Waals surface area contributed by atoms with Gasteiger partial charge in [-0.15, -0.1) is 0 Å². The molecule has 0 unspecified atom stereocenters. The minimum Gasteiger partial charge on any atom is -0.418 e. The molecule has 0 radical (unpaired) electrons. The van der Waals surface area contributed by atoms with Gasteiger partial charge in [0.2, 0.25) is 0 Å². The molecule has 14 heteroatoms. The Kier molecular flexibility index (Phi) is 46.2. The standard InChI is InChI=1S/C6H6.3C2H3N.2BF4.Ru/c1-2-4-6-5-3-1;3*1-2-3;2*2-1(3,4)5;/h1-6H;3*1H3;;;/q;;;;2*-1;+2. The molecule has 0 spiro atoms. The van der Waals surface area contributed by atoms with Crippen LogP contribution in [0.25, 0.3) is 0 Å². The van der Waals surface area contributed by atoms with E-state index in [1.807, 2.05) is 36.4 Å². The van der Waals surface area contributed by atoms with Gasteiger partial charge < -0.3 is 34.5 Å². The van der Waals surface area contributed by atoms with Crippen LogP contribution in [0.2, 0.25) is 0 Å². The maximum atomic E-state index is 9.75. The molecule has 0 saturated heterocycles. The molecular formula is C12H15B2F8N3Ru. The molecule has 26 heavy (non-hydrogen) atoms. The molecule has 3 nitrogen and oxygen atoms in total. The monoisotopic (exact) mass is 477 g/mol. The second kappa shape index (κ2) is 30.7. The average Bonchev–Trinajstić information content (AvgIpc) is 2.39. The van der Waals surface area contributed by atoms with Gasteiger partial charge in [-0.2, -0.15) is 15.8 Å². The Morgan fingerprint density at radius 2 is 0.538 bits per heavy atom. The van der Waals surface area contributed by atoms with E-state index in [2.05, 4.69) is 0 Å². The van der Waals surface area contributed by atoms with Gasteiger partial charge in [0.25, 0.3) is 0 Å². The number of nitriles is 3. The third-order valence-electron chi connectivity index (χ3n) is 0.667. The van der Waals surface area contributed by atoms with E-state index in [9.17, 15) is 34.5 Å². The van der Waals surface area contributed by atoms with Crippen LogP contribution in [0.4, 0.5) is 34.5 Å². The van der Waals surface area contributed by atoms with E-state index in [0.717, 1.165) is 0 Å². The molecule has 1 aromatic rings. The summed E-state index contributed by atoms with van der Waals surface area (Å²) in [5, 5.41) is 22.0. The SMILES string of the molecule is CC#N.CC#N.CC#N.F[B-](F)(F)F.F[B-](F)(F)F.[Ru+2].c1ccccc1. The molecule has 0 aliphatic heterocycles. The summed E-state index contributed by atoms with van der Waals surface area (Å²) in [6, 6.07) is 17.2. The molecule has 1 aromatic carbocycles. The Hall–Kier alpha value is -2.12. The zero-order chi connectivity index (χ0) is 21.4. The first-order valence-corrected chi connectivity index (χ1v) is 5.92. The molecule has 0 fully saturated rings. The zero-order valence-corrected chi connectivity index (χ0v) is 15.6. The predicted octanol–water partition coefficient (Wildman–Crippen LogP) is 5.87. The number of nitrogens with zero attached hydrogens (tertiary/aromatic N) is 3. The van der Waals surface area contributed by atoms with Gasteiger partial charge >= 0.3 is 34.0 Å². The average molecular weight is 476 g/mol. The van der Waals surface area contributed by atoms with E-state index in [1.54, 1.807) is 18.2 Å². The van der Waals surface area contributed by atoms with E-state index in [4.69, 9.17) is 15.8 Å². The van der Waals surface area contributed by atoms with Crippen molar-refractivity contribution >= 4 is 14.5 Å². The van der Waals surface area contributed by atoms with Crippen LogP contribution in [0.5, 0.6) is 0 Å². The fourth-order valence-electron chi connectivity index (χ4n) is 0.385. The number of halogens is 8. The van der Waals surface area contributed by atoms with Crippen molar-refractivity contribution in [1.29, 1.82) is 15.8 Å². The molecule has 0 N–H and O–H groups in total. The largest absolute Gasteiger partial charge is 2.00 e. The Morgan fingerprint density at radius 3 is 0.577 bits per heavy atom. The maximum Gasteiger partial charge on any atom is 2.00 e. The van der Waals surface area contributed by atoms with Crippen LogP contribution >= 0.6 is 0 Å². The van der Waals surface area contributed by atoms with E-state index in [-0.39, 0.29) is 19.5 Å². The zero-order valence-electron chi connectivity index (χ0n) is 13.8. The predicted molar refractivity (Wildman–Crippen MR) is 80.7 cm³/mol. The Labute approximate surface area is 160 Å². The Balaban J connectivity index is -0.0000000471. The topological polar surface area (TPSA) is 71.4 Å². The molecule has 0 bridgehead atoms. The van der Waals surface area contributed by atoms with E-state index in [0.29, 0.717) is 0 Å². The van der Waals surface area contributed by atoms with Crippen molar-refractivity contribution in [1.82, 2.24) is 0 Å². The summed E-state index contributed by atoms with van der Waals surface area (Å²) in [5.41, 5.74) is 0. The third kappa shape index (κ3) is 633. The van der Waals surface area contributed by atoms with Crippen LogP contribution in [0, 0.1) is 34.0 Å². The van der Waals surface area contributed by atoms with Crippen LogP contribution in [0.15, 0.2) is 36.4 Å². The summed E-state index contributed by atoms with van der Waals surface area (Å²) in [5.74, 6) is 0. The molecule has 0 heterocycles. The maximum absolute atomic E-state index is 9.75. The van der Waals surface area contributed by atoms with Gasteiger partial charge in [0, 0.05) is 20.8 Å². The van der Waals surface area contributed by atoms with Gasteiger partial charge in [-0.1, -0.05) is 36.4 Å². The van der Waals surface area contributed by atoms with Crippen molar-refractivity contribution in [2.24, 2.45) is 0 Å². The first-order chi connectivity index (χ1) is 11.2. The molecule has 0 saturated carbocycles. The molecule has 0 atom stereocenters. The molecular weight excluding hydrogens is 461 g/mol. The van der Waals surface area contributed by atoms with Gasteiger partial charge in [-0.3, -0.25) is 0 Å². The van der Waals surface area contributed by atoms with Crippen LogP contribution in [0.3, 0.4) is 0 Å². The smallest absolute Gasteiger partial charge is 0.418 e. The van der Waals surface area contributed by atoms with Gasteiger partial charge in [0.05, 0.1) is 18.2 Å². The summed E-state index contributed by atoms with van der Waals surface area (Å²) in [6.07, 6.45) is 0.